The van der Waals surface area contributed by atoms with Crippen molar-refractivity contribution >= 4 is 45.6 Å². The summed E-state index contributed by atoms with van der Waals surface area (Å²) in [6, 6.07) is 28.0. The molecule has 8 heteroatoms. The SMILES string of the molecule is CCCCc1ccc(-n2c(Sc3c(-c4ccccc4)c4cc(Cl)ccc4[nH]c3=O)nnc2-c2cccs2)cc1. The molecular formula is C31H25ClN4OS2. The minimum atomic E-state index is -0.184. The van der Waals surface area contributed by atoms with Gasteiger partial charge in [-0.25, -0.2) is 0 Å². The molecule has 0 atom stereocenters. The van der Waals surface area contributed by atoms with Crippen molar-refractivity contribution in [3.05, 3.63) is 111 Å². The first-order valence-corrected chi connectivity index (χ1v) is 14.9. The molecule has 0 radical (unpaired) electrons. The van der Waals surface area contributed by atoms with Crippen molar-refractivity contribution in [3.63, 3.8) is 0 Å². The number of aryl methyl sites for hydroxylation is 1. The van der Waals surface area contributed by atoms with Crippen molar-refractivity contribution < 1.29 is 0 Å². The zero-order chi connectivity index (χ0) is 26.8. The molecule has 0 unspecified atom stereocenters. The maximum Gasteiger partial charge on any atom is 0.263 e. The van der Waals surface area contributed by atoms with Crippen LogP contribution in [0.15, 0.2) is 105 Å². The molecular weight excluding hydrogens is 544 g/mol. The number of unbranched alkanes of at least 4 members (excludes halogenated alkanes) is 1. The molecule has 0 aliphatic carbocycles. The smallest absolute Gasteiger partial charge is 0.263 e. The fraction of sp³-hybridized carbons (Fsp3) is 0.129. The molecule has 6 rings (SSSR count). The lowest BCUT2D eigenvalue weighted by Gasteiger charge is -2.14. The van der Waals surface area contributed by atoms with E-state index in [0.717, 1.165) is 57.7 Å². The van der Waals surface area contributed by atoms with E-state index in [1.807, 2.05) is 64.5 Å². The highest BCUT2D eigenvalue weighted by atomic mass is 35.5. The van der Waals surface area contributed by atoms with Crippen LogP contribution in [-0.2, 0) is 6.42 Å². The number of hydrogen-bond acceptors (Lipinski definition) is 5. The molecule has 0 fully saturated rings. The van der Waals surface area contributed by atoms with E-state index in [0.29, 0.717) is 15.1 Å². The normalized spacial score (nSPS) is 11.3. The molecule has 3 heterocycles. The standard InChI is InChI=1S/C31H25ClN4OS2/c1-2-3-8-20-12-15-23(16-13-20)36-29(26-11-7-18-38-26)34-35-31(36)39-28-27(21-9-5-4-6-10-21)24-19-22(32)14-17-25(24)33-30(28)37/h4-7,9-19H,2-3,8H2,1H3,(H,33,37). The number of rotatable bonds is 8. The fourth-order valence-electron chi connectivity index (χ4n) is 4.65. The third-order valence-corrected chi connectivity index (χ3v) is 8.72. The van der Waals surface area contributed by atoms with Crippen molar-refractivity contribution in [2.75, 3.05) is 0 Å². The molecule has 3 aromatic carbocycles. The minimum absolute atomic E-state index is 0.184. The molecule has 39 heavy (non-hydrogen) atoms. The van der Waals surface area contributed by atoms with Crippen LogP contribution in [0.5, 0.6) is 0 Å². The molecule has 5 nitrogen and oxygen atoms in total. The second-order valence-corrected chi connectivity index (χ2v) is 11.6. The summed E-state index contributed by atoms with van der Waals surface area (Å²) in [5.74, 6) is 0.746. The van der Waals surface area contributed by atoms with Gasteiger partial charge in [0.25, 0.3) is 5.56 Å². The van der Waals surface area contributed by atoms with Crippen molar-refractivity contribution in [1.82, 2.24) is 19.7 Å². The molecule has 0 aliphatic rings. The lowest BCUT2D eigenvalue weighted by Crippen LogP contribution is -2.11. The Morgan fingerprint density at radius 1 is 0.974 bits per heavy atom. The average Bonchev–Trinajstić information content (AvgIpc) is 3.64. The van der Waals surface area contributed by atoms with Gasteiger partial charge in [-0.3, -0.25) is 9.36 Å². The molecule has 194 valence electrons. The van der Waals surface area contributed by atoms with Gasteiger partial charge < -0.3 is 4.98 Å². The number of nitrogens with zero attached hydrogens (tertiary/aromatic N) is 3. The van der Waals surface area contributed by atoms with E-state index >= 15 is 0 Å². The molecule has 3 aromatic heterocycles. The van der Waals surface area contributed by atoms with Gasteiger partial charge in [-0.2, -0.15) is 0 Å². The van der Waals surface area contributed by atoms with E-state index in [4.69, 9.17) is 11.6 Å². The third kappa shape index (κ3) is 5.17. The van der Waals surface area contributed by atoms with Crippen LogP contribution in [0.4, 0.5) is 0 Å². The summed E-state index contributed by atoms with van der Waals surface area (Å²) in [6.07, 6.45) is 3.37. The number of nitrogens with one attached hydrogen (secondary N) is 1. The highest BCUT2D eigenvalue weighted by Crippen LogP contribution is 2.40. The van der Waals surface area contributed by atoms with Gasteiger partial charge >= 0.3 is 0 Å². The molecule has 0 saturated heterocycles. The maximum absolute atomic E-state index is 13.6. The summed E-state index contributed by atoms with van der Waals surface area (Å²) < 4.78 is 2.04. The van der Waals surface area contributed by atoms with E-state index < -0.39 is 0 Å². The largest absolute Gasteiger partial charge is 0.321 e. The molecule has 0 aliphatic heterocycles. The first-order chi connectivity index (χ1) is 19.1. The van der Waals surface area contributed by atoms with E-state index in [1.165, 1.54) is 17.3 Å². The number of benzene rings is 3. The van der Waals surface area contributed by atoms with Crippen LogP contribution in [0, 0.1) is 0 Å². The third-order valence-electron chi connectivity index (χ3n) is 6.58. The maximum atomic E-state index is 13.6. The van der Waals surface area contributed by atoms with Crippen molar-refractivity contribution in [2.45, 2.75) is 36.2 Å². The van der Waals surface area contributed by atoms with Gasteiger partial charge in [0.1, 0.15) is 0 Å². The van der Waals surface area contributed by atoms with Crippen molar-refractivity contribution in [2.24, 2.45) is 0 Å². The number of thiophene rings is 1. The lowest BCUT2D eigenvalue weighted by atomic mass is 10.0. The Labute approximate surface area is 239 Å². The Balaban J connectivity index is 1.53. The number of pyridine rings is 1. The number of hydrogen-bond donors (Lipinski definition) is 1. The first kappa shape index (κ1) is 25.6. The Morgan fingerprint density at radius 2 is 1.79 bits per heavy atom. The van der Waals surface area contributed by atoms with Crippen LogP contribution in [0.25, 0.3) is 38.4 Å². The molecule has 6 aromatic rings. The predicted octanol–water partition coefficient (Wildman–Crippen LogP) is 8.65. The van der Waals surface area contributed by atoms with Crippen LogP contribution in [0.3, 0.4) is 0 Å². The minimum Gasteiger partial charge on any atom is -0.321 e. The van der Waals surface area contributed by atoms with Gasteiger partial charge in [-0.1, -0.05) is 73.5 Å². The van der Waals surface area contributed by atoms with Gasteiger partial charge in [0.05, 0.1) is 9.77 Å². The monoisotopic (exact) mass is 568 g/mol. The van der Waals surface area contributed by atoms with Gasteiger partial charge in [-0.15, -0.1) is 21.5 Å². The Hall–Kier alpha value is -3.65. The quantitative estimate of drug-likeness (QED) is 0.199. The van der Waals surface area contributed by atoms with E-state index in [9.17, 15) is 4.79 Å². The Bertz CT molecular complexity index is 1790. The highest BCUT2D eigenvalue weighted by Gasteiger charge is 2.22. The van der Waals surface area contributed by atoms with Crippen LogP contribution in [0.2, 0.25) is 5.02 Å². The van der Waals surface area contributed by atoms with E-state index in [2.05, 4.69) is 46.4 Å². The predicted molar refractivity (Wildman–Crippen MR) is 162 cm³/mol. The number of H-pyrrole nitrogens is 1. The second-order valence-electron chi connectivity index (χ2n) is 9.21. The van der Waals surface area contributed by atoms with Crippen LogP contribution >= 0.6 is 34.7 Å². The summed E-state index contributed by atoms with van der Waals surface area (Å²) in [5.41, 5.74) is 4.56. The number of fused-ring (bicyclic) bond motifs is 1. The van der Waals surface area contributed by atoms with Crippen molar-refractivity contribution in [1.29, 1.82) is 0 Å². The van der Waals surface area contributed by atoms with Crippen LogP contribution in [-0.4, -0.2) is 19.7 Å². The highest BCUT2D eigenvalue weighted by molar-refractivity contribution is 7.99. The van der Waals surface area contributed by atoms with Crippen molar-refractivity contribution in [3.8, 4) is 27.5 Å². The summed E-state index contributed by atoms with van der Waals surface area (Å²) >= 11 is 9.35. The summed E-state index contributed by atoms with van der Waals surface area (Å²) in [4.78, 5) is 18.2. The number of aromatic amines is 1. The summed E-state index contributed by atoms with van der Waals surface area (Å²) in [6.45, 7) is 2.20. The van der Waals surface area contributed by atoms with Gasteiger partial charge in [0.15, 0.2) is 5.82 Å². The number of aromatic nitrogens is 4. The summed E-state index contributed by atoms with van der Waals surface area (Å²) in [5, 5.41) is 13.3. The lowest BCUT2D eigenvalue weighted by molar-refractivity contribution is 0.794. The topological polar surface area (TPSA) is 63.6 Å². The zero-order valence-corrected chi connectivity index (χ0v) is 23.6. The number of halogens is 1. The molecule has 0 amide bonds. The van der Waals surface area contributed by atoms with Crippen LogP contribution < -0.4 is 5.56 Å². The average molecular weight is 569 g/mol. The van der Waals surface area contributed by atoms with Crippen LogP contribution in [0.1, 0.15) is 25.3 Å². The Kier molecular flexibility index (Phi) is 7.37. The second kappa shape index (κ2) is 11.2. The summed E-state index contributed by atoms with van der Waals surface area (Å²) in [7, 11) is 0. The van der Waals surface area contributed by atoms with E-state index in [1.54, 1.807) is 17.4 Å². The first-order valence-electron chi connectivity index (χ1n) is 12.8. The fourth-order valence-corrected chi connectivity index (χ4v) is 6.55. The molecule has 0 saturated carbocycles. The van der Waals surface area contributed by atoms with Gasteiger partial charge in [0, 0.05) is 27.2 Å². The van der Waals surface area contributed by atoms with E-state index in [-0.39, 0.29) is 5.56 Å². The van der Waals surface area contributed by atoms with Gasteiger partial charge in [-0.05, 0) is 77.5 Å². The molecule has 0 bridgehead atoms. The zero-order valence-electron chi connectivity index (χ0n) is 21.2. The molecule has 1 N–H and O–H groups in total. The Morgan fingerprint density at radius 3 is 2.54 bits per heavy atom. The van der Waals surface area contributed by atoms with Gasteiger partial charge in [0.2, 0.25) is 5.16 Å². The molecule has 0 spiro atoms.